The van der Waals surface area contributed by atoms with Crippen molar-refractivity contribution in [1.82, 2.24) is 9.97 Å². The SMILES string of the molecule is CCCc1c(N)ncnc1NC(C)C1CCC1. The largest absolute Gasteiger partial charge is 0.383 e. The molecule has 1 saturated carbocycles. The number of aromatic nitrogens is 2. The first-order valence-corrected chi connectivity index (χ1v) is 6.58. The van der Waals surface area contributed by atoms with E-state index in [4.69, 9.17) is 5.73 Å². The van der Waals surface area contributed by atoms with Crippen LogP contribution in [0.25, 0.3) is 0 Å². The van der Waals surface area contributed by atoms with Gasteiger partial charge in [-0.15, -0.1) is 0 Å². The second kappa shape index (κ2) is 5.34. The molecular formula is C13H22N4. The third kappa shape index (κ3) is 2.68. The molecule has 1 fully saturated rings. The number of nitrogen functional groups attached to an aromatic ring is 1. The van der Waals surface area contributed by atoms with Crippen molar-refractivity contribution in [3.05, 3.63) is 11.9 Å². The number of nitrogens with two attached hydrogens (primary N) is 1. The molecule has 4 heteroatoms. The highest BCUT2D eigenvalue weighted by Gasteiger charge is 2.24. The maximum Gasteiger partial charge on any atom is 0.134 e. The van der Waals surface area contributed by atoms with E-state index >= 15 is 0 Å². The average molecular weight is 234 g/mol. The third-order valence-electron chi connectivity index (χ3n) is 3.70. The fourth-order valence-corrected chi connectivity index (χ4v) is 2.32. The van der Waals surface area contributed by atoms with Gasteiger partial charge in [0.05, 0.1) is 0 Å². The van der Waals surface area contributed by atoms with E-state index in [1.54, 1.807) is 6.33 Å². The Morgan fingerprint density at radius 1 is 1.47 bits per heavy atom. The molecule has 4 nitrogen and oxygen atoms in total. The molecule has 94 valence electrons. The highest BCUT2D eigenvalue weighted by molar-refractivity contribution is 5.55. The molecule has 0 radical (unpaired) electrons. The van der Waals surface area contributed by atoms with E-state index in [0.29, 0.717) is 11.9 Å². The molecule has 0 amide bonds. The summed E-state index contributed by atoms with van der Waals surface area (Å²) < 4.78 is 0. The van der Waals surface area contributed by atoms with Crippen LogP contribution < -0.4 is 11.1 Å². The van der Waals surface area contributed by atoms with Crippen LogP contribution in [0, 0.1) is 5.92 Å². The summed E-state index contributed by atoms with van der Waals surface area (Å²) in [5.74, 6) is 2.34. The summed E-state index contributed by atoms with van der Waals surface area (Å²) in [5.41, 5.74) is 6.99. The van der Waals surface area contributed by atoms with Crippen LogP contribution in [0.3, 0.4) is 0 Å². The van der Waals surface area contributed by atoms with E-state index in [1.165, 1.54) is 19.3 Å². The van der Waals surface area contributed by atoms with E-state index in [0.717, 1.165) is 30.1 Å². The van der Waals surface area contributed by atoms with Crippen molar-refractivity contribution in [3.63, 3.8) is 0 Å². The van der Waals surface area contributed by atoms with Crippen LogP contribution >= 0.6 is 0 Å². The Morgan fingerprint density at radius 2 is 2.24 bits per heavy atom. The smallest absolute Gasteiger partial charge is 0.134 e. The Labute approximate surface area is 103 Å². The lowest BCUT2D eigenvalue weighted by molar-refractivity contribution is 0.285. The number of anilines is 2. The summed E-state index contributed by atoms with van der Waals surface area (Å²) in [6, 6.07) is 0.480. The van der Waals surface area contributed by atoms with Gasteiger partial charge in [-0.25, -0.2) is 9.97 Å². The van der Waals surface area contributed by atoms with Crippen LogP contribution in [0.5, 0.6) is 0 Å². The summed E-state index contributed by atoms with van der Waals surface area (Å²) in [6.07, 6.45) is 7.57. The van der Waals surface area contributed by atoms with Crippen LogP contribution in [0.15, 0.2) is 6.33 Å². The molecule has 17 heavy (non-hydrogen) atoms. The molecule has 0 spiro atoms. The summed E-state index contributed by atoms with van der Waals surface area (Å²) in [5, 5.41) is 3.51. The van der Waals surface area contributed by atoms with Crippen LogP contribution in [0.4, 0.5) is 11.6 Å². The molecule has 3 N–H and O–H groups in total. The van der Waals surface area contributed by atoms with Gasteiger partial charge in [0.25, 0.3) is 0 Å². The zero-order valence-corrected chi connectivity index (χ0v) is 10.7. The average Bonchev–Trinajstić information content (AvgIpc) is 2.20. The van der Waals surface area contributed by atoms with Crippen molar-refractivity contribution < 1.29 is 0 Å². The molecule has 0 saturated heterocycles. The van der Waals surface area contributed by atoms with Crippen LogP contribution in [-0.4, -0.2) is 16.0 Å². The van der Waals surface area contributed by atoms with Crippen molar-refractivity contribution >= 4 is 11.6 Å². The van der Waals surface area contributed by atoms with Gasteiger partial charge in [-0.2, -0.15) is 0 Å². The van der Waals surface area contributed by atoms with Gasteiger partial charge in [0.1, 0.15) is 18.0 Å². The number of nitrogens with zero attached hydrogens (tertiary/aromatic N) is 2. The van der Waals surface area contributed by atoms with Gasteiger partial charge in [-0.05, 0) is 32.1 Å². The summed E-state index contributed by atoms with van der Waals surface area (Å²) in [7, 11) is 0. The maximum atomic E-state index is 5.91. The maximum absolute atomic E-state index is 5.91. The molecule has 1 aliphatic carbocycles. The normalized spacial score (nSPS) is 17.5. The molecular weight excluding hydrogens is 212 g/mol. The zero-order valence-electron chi connectivity index (χ0n) is 10.7. The van der Waals surface area contributed by atoms with Gasteiger partial charge < -0.3 is 11.1 Å². The highest BCUT2D eigenvalue weighted by atomic mass is 15.1. The van der Waals surface area contributed by atoms with Gasteiger partial charge in [0.15, 0.2) is 0 Å². The Bertz CT molecular complexity index is 374. The van der Waals surface area contributed by atoms with Crippen LogP contribution in [0.1, 0.15) is 45.1 Å². The van der Waals surface area contributed by atoms with E-state index in [9.17, 15) is 0 Å². The first-order valence-electron chi connectivity index (χ1n) is 6.58. The second-order valence-corrected chi connectivity index (χ2v) is 4.96. The number of rotatable bonds is 5. The Balaban J connectivity index is 2.10. The molecule has 0 aliphatic heterocycles. The van der Waals surface area contributed by atoms with Gasteiger partial charge >= 0.3 is 0 Å². The molecule has 1 aliphatic rings. The summed E-state index contributed by atoms with van der Waals surface area (Å²) >= 11 is 0. The lowest BCUT2D eigenvalue weighted by atomic mass is 9.80. The predicted octanol–water partition coefficient (Wildman–Crippen LogP) is 2.61. The highest BCUT2D eigenvalue weighted by Crippen LogP contribution is 2.31. The van der Waals surface area contributed by atoms with Gasteiger partial charge in [0, 0.05) is 11.6 Å². The van der Waals surface area contributed by atoms with E-state index in [1.807, 2.05) is 0 Å². The molecule has 1 aromatic rings. The minimum atomic E-state index is 0.480. The number of hydrogen-bond donors (Lipinski definition) is 2. The minimum absolute atomic E-state index is 0.480. The predicted molar refractivity (Wildman–Crippen MR) is 70.9 cm³/mol. The van der Waals surface area contributed by atoms with Crippen LogP contribution in [-0.2, 0) is 6.42 Å². The lowest BCUT2D eigenvalue weighted by Crippen LogP contribution is -2.31. The first-order chi connectivity index (χ1) is 8.22. The monoisotopic (exact) mass is 234 g/mol. The Kier molecular flexibility index (Phi) is 3.82. The van der Waals surface area contributed by atoms with Crippen molar-refractivity contribution in [1.29, 1.82) is 0 Å². The fourth-order valence-electron chi connectivity index (χ4n) is 2.32. The topological polar surface area (TPSA) is 63.8 Å². The molecule has 1 unspecified atom stereocenters. The minimum Gasteiger partial charge on any atom is -0.383 e. The van der Waals surface area contributed by atoms with Gasteiger partial charge in [-0.3, -0.25) is 0 Å². The van der Waals surface area contributed by atoms with Gasteiger partial charge in [0.2, 0.25) is 0 Å². The summed E-state index contributed by atoms with van der Waals surface area (Å²) in [4.78, 5) is 8.41. The Hall–Kier alpha value is -1.32. The molecule has 1 atom stereocenters. The van der Waals surface area contributed by atoms with Crippen molar-refractivity contribution in [2.45, 2.75) is 52.0 Å². The standard InChI is InChI=1S/C13H22N4/c1-3-5-11-12(14)15-8-16-13(11)17-9(2)10-6-4-7-10/h8-10H,3-7H2,1-2H3,(H3,14,15,16,17). The fraction of sp³-hybridized carbons (Fsp3) is 0.692. The first kappa shape index (κ1) is 12.1. The second-order valence-electron chi connectivity index (χ2n) is 4.96. The molecule has 0 aromatic carbocycles. The molecule has 1 aromatic heterocycles. The third-order valence-corrected chi connectivity index (χ3v) is 3.70. The lowest BCUT2D eigenvalue weighted by Gasteiger charge is -2.32. The van der Waals surface area contributed by atoms with Gasteiger partial charge in [-0.1, -0.05) is 19.8 Å². The van der Waals surface area contributed by atoms with Crippen molar-refractivity contribution in [2.24, 2.45) is 5.92 Å². The number of nitrogens with one attached hydrogen (secondary N) is 1. The quantitative estimate of drug-likeness (QED) is 0.822. The molecule has 2 rings (SSSR count). The van der Waals surface area contributed by atoms with Crippen LogP contribution in [0.2, 0.25) is 0 Å². The van der Waals surface area contributed by atoms with Crippen molar-refractivity contribution in [2.75, 3.05) is 11.1 Å². The van der Waals surface area contributed by atoms with Crippen molar-refractivity contribution in [3.8, 4) is 0 Å². The number of hydrogen-bond acceptors (Lipinski definition) is 4. The van der Waals surface area contributed by atoms with E-state index < -0.39 is 0 Å². The molecule has 0 bridgehead atoms. The Morgan fingerprint density at radius 3 is 2.82 bits per heavy atom. The van der Waals surface area contributed by atoms with E-state index in [2.05, 4.69) is 29.1 Å². The summed E-state index contributed by atoms with van der Waals surface area (Å²) in [6.45, 7) is 4.38. The van der Waals surface area contributed by atoms with E-state index in [-0.39, 0.29) is 0 Å². The zero-order chi connectivity index (χ0) is 12.3. The molecule has 1 heterocycles.